The van der Waals surface area contributed by atoms with Gasteiger partial charge in [0.05, 0.1) is 4.70 Å². The molecule has 2 aliphatic heterocycles. The third-order valence-electron chi connectivity index (χ3n) is 4.84. The van der Waals surface area contributed by atoms with Crippen molar-refractivity contribution in [1.29, 1.82) is 0 Å². The Bertz CT molecular complexity index is 953. The maximum Gasteiger partial charge on any atom is 0.231 e. The first-order valence-electron chi connectivity index (χ1n) is 8.67. The van der Waals surface area contributed by atoms with Gasteiger partial charge in [0.2, 0.25) is 6.79 Å². The molecule has 134 valence electrons. The molecule has 0 atom stereocenters. The molecule has 3 heterocycles. The lowest BCUT2D eigenvalue weighted by atomic mass is 10.1. The highest BCUT2D eigenvalue weighted by atomic mass is 32.1. The standard InChI is InChI=1S/C19H18FN3O2S/c20-14-2-1-3-17-18(14)21-19(26-17)23-8-6-22(7-9-23)11-13-4-5-15-16(10-13)25-12-24-15/h1-5,10H,6-9,11-12H2. The summed E-state index contributed by atoms with van der Waals surface area (Å²) in [5, 5.41) is 0.910. The van der Waals surface area contributed by atoms with E-state index in [2.05, 4.69) is 26.9 Å². The molecule has 26 heavy (non-hydrogen) atoms. The summed E-state index contributed by atoms with van der Waals surface area (Å²) in [6, 6.07) is 11.3. The molecule has 1 aromatic heterocycles. The van der Waals surface area contributed by atoms with Gasteiger partial charge >= 0.3 is 0 Å². The summed E-state index contributed by atoms with van der Waals surface area (Å²) in [6.45, 7) is 4.89. The van der Waals surface area contributed by atoms with Gasteiger partial charge in [-0.05, 0) is 29.8 Å². The van der Waals surface area contributed by atoms with E-state index < -0.39 is 0 Å². The molecule has 7 heteroatoms. The molecule has 2 aromatic carbocycles. The van der Waals surface area contributed by atoms with Gasteiger partial charge in [0.15, 0.2) is 16.6 Å². The van der Waals surface area contributed by atoms with Crippen LogP contribution in [0, 0.1) is 5.82 Å². The number of halogens is 1. The molecule has 5 rings (SSSR count). The summed E-state index contributed by atoms with van der Waals surface area (Å²) in [5.41, 5.74) is 1.71. The van der Waals surface area contributed by atoms with Crippen LogP contribution in [0.2, 0.25) is 0 Å². The topological polar surface area (TPSA) is 37.8 Å². The summed E-state index contributed by atoms with van der Waals surface area (Å²) in [6.07, 6.45) is 0. The quantitative estimate of drug-likeness (QED) is 0.705. The summed E-state index contributed by atoms with van der Waals surface area (Å²) in [4.78, 5) is 9.17. The highest BCUT2D eigenvalue weighted by molar-refractivity contribution is 7.22. The van der Waals surface area contributed by atoms with Crippen LogP contribution >= 0.6 is 11.3 Å². The molecular formula is C19H18FN3O2S. The second kappa shape index (κ2) is 6.41. The fourth-order valence-corrected chi connectivity index (χ4v) is 4.46. The normalized spacial score (nSPS) is 17.2. The monoisotopic (exact) mass is 371 g/mol. The lowest BCUT2D eigenvalue weighted by Gasteiger charge is -2.34. The molecule has 0 bridgehead atoms. The number of piperazine rings is 1. The highest BCUT2D eigenvalue weighted by Crippen LogP contribution is 2.33. The van der Waals surface area contributed by atoms with Crippen LogP contribution in [-0.2, 0) is 6.54 Å². The zero-order chi connectivity index (χ0) is 17.5. The Morgan fingerprint density at radius 3 is 2.73 bits per heavy atom. The molecule has 0 N–H and O–H groups in total. The number of thiazole rings is 1. The van der Waals surface area contributed by atoms with Gasteiger partial charge in [-0.2, -0.15) is 0 Å². The van der Waals surface area contributed by atoms with E-state index in [0.29, 0.717) is 12.3 Å². The maximum absolute atomic E-state index is 13.9. The first-order chi connectivity index (χ1) is 12.8. The molecule has 0 radical (unpaired) electrons. The lowest BCUT2D eigenvalue weighted by molar-refractivity contribution is 0.174. The van der Waals surface area contributed by atoms with Gasteiger partial charge in [0.25, 0.3) is 0 Å². The third-order valence-corrected chi connectivity index (χ3v) is 5.93. The SMILES string of the molecule is Fc1cccc2sc(N3CCN(Cc4ccc5c(c4)OCO5)CC3)nc12. The number of aromatic nitrogens is 1. The Labute approximate surface area is 154 Å². The number of hydrogen-bond acceptors (Lipinski definition) is 6. The third kappa shape index (κ3) is 2.87. The predicted molar refractivity (Wildman–Crippen MR) is 99.6 cm³/mol. The first-order valence-corrected chi connectivity index (χ1v) is 9.49. The Balaban J connectivity index is 1.25. The number of ether oxygens (including phenoxy) is 2. The van der Waals surface area contributed by atoms with Crippen molar-refractivity contribution in [2.24, 2.45) is 0 Å². The van der Waals surface area contributed by atoms with Gasteiger partial charge in [0, 0.05) is 32.7 Å². The van der Waals surface area contributed by atoms with Crippen LogP contribution in [0.25, 0.3) is 10.2 Å². The molecule has 1 saturated heterocycles. The molecule has 1 fully saturated rings. The number of anilines is 1. The van der Waals surface area contributed by atoms with Crippen molar-refractivity contribution in [1.82, 2.24) is 9.88 Å². The van der Waals surface area contributed by atoms with Crippen LogP contribution in [0.4, 0.5) is 9.52 Å². The van der Waals surface area contributed by atoms with Crippen LogP contribution < -0.4 is 14.4 Å². The minimum absolute atomic E-state index is 0.244. The fraction of sp³-hybridized carbons (Fsp3) is 0.316. The van der Waals surface area contributed by atoms with Crippen LogP contribution in [-0.4, -0.2) is 42.9 Å². The van der Waals surface area contributed by atoms with Crippen molar-refractivity contribution in [2.45, 2.75) is 6.54 Å². The van der Waals surface area contributed by atoms with Crippen LogP contribution in [0.3, 0.4) is 0 Å². The van der Waals surface area contributed by atoms with Gasteiger partial charge in [-0.1, -0.05) is 23.5 Å². The van der Waals surface area contributed by atoms with Crippen LogP contribution in [0.1, 0.15) is 5.56 Å². The Morgan fingerprint density at radius 2 is 1.88 bits per heavy atom. The Morgan fingerprint density at radius 1 is 1.04 bits per heavy atom. The summed E-state index contributed by atoms with van der Waals surface area (Å²) < 4.78 is 25.6. The predicted octanol–water partition coefficient (Wildman–Crippen LogP) is 3.49. The molecule has 5 nitrogen and oxygen atoms in total. The minimum atomic E-state index is -0.244. The summed E-state index contributed by atoms with van der Waals surface area (Å²) in [5.74, 6) is 1.41. The second-order valence-corrected chi connectivity index (χ2v) is 7.54. The molecular weight excluding hydrogens is 353 g/mol. The number of rotatable bonds is 3. The van der Waals surface area contributed by atoms with Gasteiger partial charge in [-0.3, -0.25) is 4.90 Å². The van der Waals surface area contributed by atoms with E-state index in [1.54, 1.807) is 17.4 Å². The van der Waals surface area contributed by atoms with Crippen molar-refractivity contribution < 1.29 is 13.9 Å². The number of fused-ring (bicyclic) bond motifs is 2. The molecule has 0 spiro atoms. The van der Waals surface area contributed by atoms with E-state index in [1.165, 1.54) is 11.6 Å². The number of benzene rings is 2. The van der Waals surface area contributed by atoms with E-state index in [9.17, 15) is 4.39 Å². The number of para-hydroxylation sites is 1. The average molecular weight is 371 g/mol. The molecule has 2 aliphatic rings. The van der Waals surface area contributed by atoms with E-state index >= 15 is 0 Å². The van der Waals surface area contributed by atoms with Gasteiger partial charge < -0.3 is 14.4 Å². The van der Waals surface area contributed by atoms with Gasteiger partial charge in [-0.15, -0.1) is 0 Å². The number of hydrogen-bond donors (Lipinski definition) is 0. The van der Waals surface area contributed by atoms with Crippen molar-refractivity contribution in [3.8, 4) is 11.5 Å². The van der Waals surface area contributed by atoms with Crippen molar-refractivity contribution >= 4 is 26.7 Å². The summed E-state index contributed by atoms with van der Waals surface area (Å²) >= 11 is 1.56. The van der Waals surface area contributed by atoms with E-state index in [1.807, 2.05) is 12.1 Å². The minimum Gasteiger partial charge on any atom is -0.454 e. The maximum atomic E-state index is 13.9. The van der Waals surface area contributed by atoms with Gasteiger partial charge in [-0.25, -0.2) is 9.37 Å². The smallest absolute Gasteiger partial charge is 0.231 e. The Kier molecular flexibility index (Phi) is 3.90. The first kappa shape index (κ1) is 15.8. The Hall–Kier alpha value is -2.38. The van der Waals surface area contributed by atoms with Crippen LogP contribution in [0.15, 0.2) is 36.4 Å². The van der Waals surface area contributed by atoms with Gasteiger partial charge in [0.1, 0.15) is 11.3 Å². The largest absolute Gasteiger partial charge is 0.454 e. The highest BCUT2D eigenvalue weighted by Gasteiger charge is 2.21. The molecule has 0 amide bonds. The van der Waals surface area contributed by atoms with Crippen molar-refractivity contribution in [3.63, 3.8) is 0 Å². The van der Waals surface area contributed by atoms with E-state index in [-0.39, 0.29) is 5.82 Å². The van der Waals surface area contributed by atoms with Crippen LogP contribution in [0.5, 0.6) is 11.5 Å². The zero-order valence-corrected chi connectivity index (χ0v) is 15.0. The fourth-order valence-electron chi connectivity index (χ4n) is 3.43. The van der Waals surface area contributed by atoms with E-state index in [0.717, 1.165) is 54.1 Å². The van der Waals surface area contributed by atoms with Crippen molar-refractivity contribution in [3.05, 3.63) is 47.8 Å². The zero-order valence-electron chi connectivity index (χ0n) is 14.2. The molecule has 0 unspecified atom stereocenters. The second-order valence-electron chi connectivity index (χ2n) is 6.53. The molecule has 0 saturated carbocycles. The van der Waals surface area contributed by atoms with E-state index in [4.69, 9.17) is 9.47 Å². The lowest BCUT2D eigenvalue weighted by Crippen LogP contribution is -2.45. The van der Waals surface area contributed by atoms with Crippen molar-refractivity contribution in [2.75, 3.05) is 37.9 Å². The molecule has 3 aromatic rings. The summed E-state index contributed by atoms with van der Waals surface area (Å²) in [7, 11) is 0. The number of nitrogens with zero attached hydrogens (tertiary/aromatic N) is 3. The average Bonchev–Trinajstić information content (AvgIpc) is 3.29. The molecule has 0 aliphatic carbocycles.